The molecule has 2 aromatic carbocycles. The van der Waals surface area contributed by atoms with E-state index in [9.17, 15) is 18.0 Å². The van der Waals surface area contributed by atoms with Crippen molar-refractivity contribution in [2.75, 3.05) is 24.1 Å². The molecule has 1 fully saturated rings. The number of aromatic nitrogens is 2. The average molecular weight is 502 g/mol. The first-order valence-corrected chi connectivity index (χ1v) is 11.9. The number of ether oxygens (including phenoxy) is 1. The minimum atomic E-state index is -4.50. The van der Waals surface area contributed by atoms with Crippen molar-refractivity contribution in [3.05, 3.63) is 52.8 Å². The lowest BCUT2D eigenvalue weighted by molar-refractivity contribution is -0.137. The summed E-state index contributed by atoms with van der Waals surface area (Å²) >= 11 is 0. The highest BCUT2D eigenvalue weighted by molar-refractivity contribution is 5.91. The van der Waals surface area contributed by atoms with E-state index in [1.54, 1.807) is 13.8 Å². The van der Waals surface area contributed by atoms with Crippen LogP contribution in [0, 0.1) is 13.8 Å². The topological polar surface area (TPSA) is 93.4 Å². The number of nitrogen functional groups attached to an aromatic ring is 1. The van der Waals surface area contributed by atoms with Gasteiger partial charge in [0, 0.05) is 30.5 Å². The van der Waals surface area contributed by atoms with Gasteiger partial charge in [0.1, 0.15) is 23.5 Å². The number of alkyl halides is 3. The SMILES string of the molecule is CCC(=O)N1CC[C@H](Oc2cc3c(N[C@@H](C)c4cc(N)cc(C(F)(F)F)c4)nc(C)nc3cc2C)C1. The second-order valence-electron chi connectivity index (χ2n) is 9.23. The fourth-order valence-electron chi connectivity index (χ4n) is 4.45. The molecule has 0 saturated carbocycles. The molecule has 1 amide bonds. The zero-order valence-electron chi connectivity index (χ0n) is 20.7. The van der Waals surface area contributed by atoms with Crippen molar-refractivity contribution < 1.29 is 22.7 Å². The number of amides is 1. The highest BCUT2D eigenvalue weighted by Crippen LogP contribution is 2.35. The standard InChI is InChI=1S/C26H30F3N5O2/c1-5-24(35)34-7-6-20(13-34)36-23-12-21-22(8-14(23)2)32-16(4)33-25(21)31-15(3)17-9-18(26(27,28)29)11-19(30)10-17/h8-12,15,20H,5-7,13,30H2,1-4H3,(H,31,32,33)/t15-,20-/m0/s1. The summed E-state index contributed by atoms with van der Waals surface area (Å²) < 4.78 is 46.2. The number of carbonyl (C=O) groups excluding carboxylic acids is 1. The number of nitrogens with zero attached hydrogens (tertiary/aromatic N) is 3. The van der Waals surface area contributed by atoms with E-state index < -0.39 is 17.8 Å². The third-order valence-electron chi connectivity index (χ3n) is 6.36. The van der Waals surface area contributed by atoms with Gasteiger partial charge >= 0.3 is 6.18 Å². The summed E-state index contributed by atoms with van der Waals surface area (Å²) in [7, 11) is 0. The molecule has 1 aliphatic heterocycles. The van der Waals surface area contributed by atoms with Crippen LogP contribution in [0.2, 0.25) is 0 Å². The molecule has 10 heteroatoms. The van der Waals surface area contributed by atoms with E-state index in [1.807, 2.05) is 30.9 Å². The first-order chi connectivity index (χ1) is 16.9. The number of likely N-dealkylation sites (tertiary alicyclic amines) is 1. The lowest BCUT2D eigenvalue weighted by atomic mass is 10.0. The average Bonchev–Trinajstić information content (AvgIpc) is 3.27. The van der Waals surface area contributed by atoms with Crippen LogP contribution in [0.15, 0.2) is 30.3 Å². The summed E-state index contributed by atoms with van der Waals surface area (Å²) in [6, 6.07) is 6.77. The van der Waals surface area contributed by atoms with Crippen LogP contribution >= 0.6 is 0 Å². The Hall–Kier alpha value is -3.56. The number of halogens is 3. The minimum Gasteiger partial charge on any atom is -0.488 e. The van der Waals surface area contributed by atoms with Crippen LogP contribution in [0.4, 0.5) is 24.7 Å². The summed E-state index contributed by atoms with van der Waals surface area (Å²) in [5.41, 5.74) is 6.98. The van der Waals surface area contributed by atoms with Crippen molar-refractivity contribution in [2.45, 2.75) is 58.9 Å². The summed E-state index contributed by atoms with van der Waals surface area (Å²) in [6.45, 7) is 8.48. The maximum Gasteiger partial charge on any atom is 0.416 e. The number of anilines is 2. The van der Waals surface area contributed by atoms with E-state index in [4.69, 9.17) is 10.5 Å². The molecule has 0 bridgehead atoms. The van der Waals surface area contributed by atoms with Gasteiger partial charge in [0.2, 0.25) is 5.91 Å². The molecular weight excluding hydrogens is 471 g/mol. The maximum absolute atomic E-state index is 13.3. The predicted octanol–water partition coefficient (Wildman–Crippen LogP) is 5.41. The minimum absolute atomic E-state index is 0.0377. The van der Waals surface area contributed by atoms with Crippen LogP contribution in [0.3, 0.4) is 0 Å². The Morgan fingerprint density at radius 1 is 1.22 bits per heavy atom. The first kappa shape index (κ1) is 25.5. The van der Waals surface area contributed by atoms with E-state index in [1.165, 1.54) is 6.07 Å². The summed E-state index contributed by atoms with van der Waals surface area (Å²) in [5.74, 6) is 1.78. The summed E-state index contributed by atoms with van der Waals surface area (Å²) in [4.78, 5) is 22.9. The van der Waals surface area contributed by atoms with Crippen molar-refractivity contribution in [3.8, 4) is 5.75 Å². The van der Waals surface area contributed by atoms with Gasteiger partial charge in [-0.3, -0.25) is 4.79 Å². The molecule has 1 aliphatic rings. The molecule has 36 heavy (non-hydrogen) atoms. The van der Waals surface area contributed by atoms with E-state index in [2.05, 4.69) is 15.3 Å². The molecule has 0 radical (unpaired) electrons. The van der Waals surface area contributed by atoms with E-state index in [-0.39, 0.29) is 17.7 Å². The molecule has 192 valence electrons. The fourth-order valence-corrected chi connectivity index (χ4v) is 4.45. The second kappa shape index (κ2) is 9.83. The Labute approximate surface area is 207 Å². The molecular formula is C26H30F3N5O2. The first-order valence-electron chi connectivity index (χ1n) is 11.9. The van der Waals surface area contributed by atoms with Gasteiger partial charge in [-0.1, -0.05) is 6.92 Å². The maximum atomic E-state index is 13.3. The lowest BCUT2D eigenvalue weighted by Crippen LogP contribution is -2.30. The van der Waals surface area contributed by atoms with Gasteiger partial charge in [-0.2, -0.15) is 13.2 Å². The van der Waals surface area contributed by atoms with Crippen molar-refractivity contribution in [1.29, 1.82) is 0 Å². The van der Waals surface area contributed by atoms with Gasteiger partial charge in [0.05, 0.1) is 23.7 Å². The van der Waals surface area contributed by atoms with Crippen molar-refractivity contribution in [2.24, 2.45) is 0 Å². The molecule has 3 aromatic rings. The summed E-state index contributed by atoms with van der Waals surface area (Å²) in [6.07, 6.45) is -3.41. The van der Waals surface area contributed by atoms with Crippen LogP contribution in [-0.2, 0) is 11.0 Å². The molecule has 7 nitrogen and oxygen atoms in total. The fraction of sp³-hybridized carbons (Fsp3) is 0.423. The Kier molecular flexibility index (Phi) is 6.97. The number of aryl methyl sites for hydroxylation is 2. The smallest absolute Gasteiger partial charge is 0.416 e. The predicted molar refractivity (Wildman–Crippen MR) is 133 cm³/mol. The molecule has 3 N–H and O–H groups in total. The number of carbonyl (C=O) groups is 1. The normalized spacial score (nSPS) is 16.9. The van der Waals surface area contributed by atoms with E-state index in [0.717, 1.165) is 24.1 Å². The van der Waals surface area contributed by atoms with Gasteiger partial charge in [-0.05, 0) is 62.2 Å². The van der Waals surface area contributed by atoms with Gasteiger partial charge in [-0.15, -0.1) is 0 Å². The van der Waals surface area contributed by atoms with Crippen LogP contribution in [0.1, 0.15) is 55.2 Å². The number of hydrogen-bond acceptors (Lipinski definition) is 6. The van der Waals surface area contributed by atoms with Gasteiger partial charge in [0.15, 0.2) is 0 Å². The largest absolute Gasteiger partial charge is 0.488 e. The Balaban J connectivity index is 1.64. The molecule has 0 spiro atoms. The van der Waals surface area contributed by atoms with Gasteiger partial charge in [-0.25, -0.2) is 9.97 Å². The van der Waals surface area contributed by atoms with Crippen LogP contribution in [-0.4, -0.2) is 40.0 Å². The molecule has 0 unspecified atom stereocenters. The second-order valence-corrected chi connectivity index (χ2v) is 9.23. The summed E-state index contributed by atoms with van der Waals surface area (Å²) in [5, 5.41) is 3.92. The van der Waals surface area contributed by atoms with Crippen molar-refractivity contribution >= 4 is 28.3 Å². The van der Waals surface area contributed by atoms with Crippen molar-refractivity contribution in [1.82, 2.24) is 14.9 Å². The monoisotopic (exact) mass is 501 g/mol. The molecule has 1 aromatic heterocycles. The highest BCUT2D eigenvalue weighted by atomic mass is 19.4. The number of hydrogen-bond donors (Lipinski definition) is 2. The number of benzene rings is 2. The van der Waals surface area contributed by atoms with E-state index >= 15 is 0 Å². The van der Waals surface area contributed by atoms with Gasteiger partial charge < -0.3 is 20.7 Å². The van der Waals surface area contributed by atoms with Crippen LogP contribution < -0.4 is 15.8 Å². The van der Waals surface area contributed by atoms with Gasteiger partial charge in [0.25, 0.3) is 0 Å². The molecule has 2 heterocycles. The van der Waals surface area contributed by atoms with Crippen LogP contribution in [0.25, 0.3) is 10.9 Å². The number of fused-ring (bicyclic) bond motifs is 1. The highest BCUT2D eigenvalue weighted by Gasteiger charge is 2.31. The zero-order chi connectivity index (χ0) is 26.2. The molecule has 1 saturated heterocycles. The zero-order valence-corrected chi connectivity index (χ0v) is 20.7. The Morgan fingerprint density at radius 2 is 1.97 bits per heavy atom. The Bertz CT molecular complexity index is 1290. The Morgan fingerprint density at radius 3 is 2.67 bits per heavy atom. The quantitative estimate of drug-likeness (QED) is 0.439. The third kappa shape index (κ3) is 5.47. The number of rotatable bonds is 6. The molecule has 2 atom stereocenters. The number of nitrogens with one attached hydrogen (secondary N) is 1. The van der Waals surface area contributed by atoms with Crippen molar-refractivity contribution in [3.63, 3.8) is 0 Å². The molecule has 0 aliphatic carbocycles. The van der Waals surface area contributed by atoms with Crippen LogP contribution in [0.5, 0.6) is 5.75 Å². The number of nitrogens with two attached hydrogens (primary N) is 1. The lowest BCUT2D eigenvalue weighted by Gasteiger charge is -2.20. The third-order valence-corrected chi connectivity index (χ3v) is 6.36. The molecule has 4 rings (SSSR count). The van der Waals surface area contributed by atoms with E-state index in [0.29, 0.717) is 53.4 Å².